The Labute approximate surface area is 182 Å². The van der Waals surface area contributed by atoms with E-state index in [1.165, 1.54) is 0 Å². The highest BCUT2D eigenvalue weighted by molar-refractivity contribution is 4.93. The maximum Gasteiger partial charge on any atom is 0.189 e. The molecule has 0 spiro atoms. The molecule has 184 valence electrons. The molecule has 2 aliphatic heterocycles. The van der Waals surface area contributed by atoms with E-state index in [1.807, 2.05) is 0 Å². The third kappa shape index (κ3) is 6.78. The van der Waals surface area contributed by atoms with Crippen molar-refractivity contribution in [3.8, 4) is 0 Å². The molecule has 0 aromatic rings. The fraction of sp³-hybridized carbons (Fsp3) is 1.00. The molecule has 2 rings (SSSR count). The first-order valence-electron chi connectivity index (χ1n) is 11.1. The highest BCUT2D eigenvalue weighted by Gasteiger charge is 2.49. The summed E-state index contributed by atoms with van der Waals surface area (Å²) in [5.41, 5.74) is 0. The second-order valence-corrected chi connectivity index (χ2v) is 8.42. The summed E-state index contributed by atoms with van der Waals surface area (Å²) in [4.78, 5) is 0. The standard InChI is InChI=1S/C20H39NO10/c1-3-5-6-10(4-2)7-21-8-11-13(23)15(25)17(27)19(29-11)31-20-18(28)16(26)14(24)12(9-22)30-20/h10-28H,3-9H2,1-2H3/t10?,11-,12-,13-,14-,15+,16+,17-,18-,19-,20-/m1/s1. The molecule has 11 atom stereocenters. The van der Waals surface area contributed by atoms with Crippen molar-refractivity contribution in [2.75, 3.05) is 19.7 Å². The third-order valence-electron chi connectivity index (χ3n) is 6.11. The number of aliphatic hydroxyl groups is 7. The first-order valence-corrected chi connectivity index (χ1v) is 11.1. The zero-order valence-corrected chi connectivity index (χ0v) is 18.2. The Bertz CT molecular complexity index is 512. The summed E-state index contributed by atoms with van der Waals surface area (Å²) in [6.07, 6.45) is -10.3. The van der Waals surface area contributed by atoms with Crippen LogP contribution in [0, 0.1) is 5.92 Å². The number of hydrogen-bond acceptors (Lipinski definition) is 11. The van der Waals surface area contributed by atoms with Crippen molar-refractivity contribution < 1.29 is 50.0 Å². The van der Waals surface area contributed by atoms with Crippen LogP contribution in [0.1, 0.15) is 39.5 Å². The Hall–Kier alpha value is -0.440. The van der Waals surface area contributed by atoms with Gasteiger partial charge in [-0.3, -0.25) is 0 Å². The van der Waals surface area contributed by atoms with Gasteiger partial charge < -0.3 is 55.3 Å². The molecular formula is C20H39NO10. The second kappa shape index (κ2) is 12.7. The Morgan fingerprint density at radius 3 is 1.87 bits per heavy atom. The molecule has 2 fully saturated rings. The van der Waals surface area contributed by atoms with Crippen LogP contribution in [0.5, 0.6) is 0 Å². The fourth-order valence-electron chi connectivity index (χ4n) is 3.88. The van der Waals surface area contributed by atoms with Crippen LogP contribution >= 0.6 is 0 Å². The lowest BCUT2D eigenvalue weighted by atomic mass is 9.97. The van der Waals surface area contributed by atoms with Crippen LogP contribution in [0.25, 0.3) is 0 Å². The average molecular weight is 454 g/mol. The summed E-state index contributed by atoms with van der Waals surface area (Å²) >= 11 is 0. The van der Waals surface area contributed by atoms with E-state index < -0.39 is 68.0 Å². The molecule has 0 saturated carbocycles. The van der Waals surface area contributed by atoms with Crippen molar-refractivity contribution in [1.29, 1.82) is 0 Å². The molecule has 11 heteroatoms. The van der Waals surface area contributed by atoms with E-state index in [4.69, 9.17) is 14.2 Å². The molecule has 2 heterocycles. The molecule has 1 unspecified atom stereocenters. The van der Waals surface area contributed by atoms with Crippen molar-refractivity contribution in [2.24, 2.45) is 5.92 Å². The van der Waals surface area contributed by atoms with Gasteiger partial charge in [-0.25, -0.2) is 0 Å². The van der Waals surface area contributed by atoms with Gasteiger partial charge >= 0.3 is 0 Å². The van der Waals surface area contributed by atoms with Gasteiger partial charge in [0.25, 0.3) is 0 Å². The molecule has 2 aliphatic rings. The molecule has 31 heavy (non-hydrogen) atoms. The molecule has 0 aromatic carbocycles. The lowest BCUT2D eigenvalue weighted by Gasteiger charge is -2.44. The summed E-state index contributed by atoms with van der Waals surface area (Å²) in [5, 5.41) is 73.1. The van der Waals surface area contributed by atoms with Gasteiger partial charge in [-0.15, -0.1) is 0 Å². The zero-order valence-electron chi connectivity index (χ0n) is 18.2. The van der Waals surface area contributed by atoms with Gasteiger partial charge in [0, 0.05) is 6.54 Å². The zero-order chi connectivity index (χ0) is 23.1. The number of aliphatic hydroxyl groups excluding tert-OH is 7. The molecule has 11 nitrogen and oxygen atoms in total. The minimum atomic E-state index is -1.68. The van der Waals surface area contributed by atoms with E-state index in [-0.39, 0.29) is 6.54 Å². The van der Waals surface area contributed by atoms with Crippen molar-refractivity contribution in [2.45, 2.75) is 101 Å². The predicted octanol–water partition coefficient (Wildman–Crippen LogP) is -2.58. The molecule has 0 amide bonds. The van der Waals surface area contributed by atoms with E-state index in [9.17, 15) is 35.7 Å². The second-order valence-electron chi connectivity index (χ2n) is 8.42. The average Bonchev–Trinajstić information content (AvgIpc) is 2.77. The van der Waals surface area contributed by atoms with E-state index in [0.717, 1.165) is 25.7 Å². The fourth-order valence-corrected chi connectivity index (χ4v) is 3.88. The maximum absolute atomic E-state index is 10.3. The largest absolute Gasteiger partial charge is 0.394 e. The first kappa shape index (κ1) is 26.8. The predicted molar refractivity (Wildman–Crippen MR) is 108 cm³/mol. The number of rotatable bonds is 11. The minimum Gasteiger partial charge on any atom is -0.394 e. The van der Waals surface area contributed by atoms with Gasteiger partial charge in [-0.2, -0.15) is 0 Å². The highest BCUT2D eigenvalue weighted by atomic mass is 16.8. The van der Waals surface area contributed by atoms with Crippen LogP contribution in [-0.4, -0.2) is 117 Å². The topological polar surface area (TPSA) is 181 Å². The van der Waals surface area contributed by atoms with E-state index in [0.29, 0.717) is 12.5 Å². The summed E-state index contributed by atoms with van der Waals surface area (Å²) in [6.45, 7) is 4.51. The van der Waals surface area contributed by atoms with Crippen molar-refractivity contribution in [1.82, 2.24) is 5.32 Å². The van der Waals surface area contributed by atoms with E-state index in [1.54, 1.807) is 0 Å². The number of hydrogen-bond donors (Lipinski definition) is 8. The summed E-state index contributed by atoms with van der Waals surface area (Å²) in [5.74, 6) is 0.470. The smallest absolute Gasteiger partial charge is 0.189 e. The number of nitrogens with one attached hydrogen (secondary N) is 1. The van der Waals surface area contributed by atoms with Gasteiger partial charge in [0.1, 0.15) is 48.8 Å². The minimum absolute atomic E-state index is 0.197. The van der Waals surface area contributed by atoms with Crippen LogP contribution in [0.15, 0.2) is 0 Å². The number of unbranched alkanes of at least 4 members (excludes halogenated alkanes) is 1. The summed E-state index contributed by atoms with van der Waals surface area (Å²) in [6, 6.07) is 0. The van der Waals surface area contributed by atoms with Crippen LogP contribution < -0.4 is 5.32 Å². The van der Waals surface area contributed by atoms with E-state index >= 15 is 0 Å². The van der Waals surface area contributed by atoms with Gasteiger partial charge in [-0.05, 0) is 18.9 Å². The molecule has 8 N–H and O–H groups in total. The molecule has 0 bridgehead atoms. The molecular weight excluding hydrogens is 414 g/mol. The van der Waals surface area contributed by atoms with Crippen molar-refractivity contribution in [3.05, 3.63) is 0 Å². The van der Waals surface area contributed by atoms with Crippen LogP contribution in [0.3, 0.4) is 0 Å². The van der Waals surface area contributed by atoms with Crippen LogP contribution in [0.2, 0.25) is 0 Å². The monoisotopic (exact) mass is 453 g/mol. The number of ether oxygens (including phenoxy) is 3. The quantitative estimate of drug-likeness (QED) is 0.164. The Kier molecular flexibility index (Phi) is 11.0. The summed E-state index contributed by atoms with van der Waals surface area (Å²) < 4.78 is 16.3. The van der Waals surface area contributed by atoms with Crippen LogP contribution in [0.4, 0.5) is 0 Å². The van der Waals surface area contributed by atoms with Crippen molar-refractivity contribution in [3.63, 3.8) is 0 Å². The molecule has 0 radical (unpaired) electrons. The maximum atomic E-state index is 10.3. The Morgan fingerprint density at radius 2 is 1.35 bits per heavy atom. The van der Waals surface area contributed by atoms with Gasteiger partial charge in [0.05, 0.1) is 6.61 Å². The lowest BCUT2D eigenvalue weighted by molar-refractivity contribution is -0.374. The van der Waals surface area contributed by atoms with E-state index in [2.05, 4.69) is 19.2 Å². The third-order valence-corrected chi connectivity index (χ3v) is 6.11. The SMILES string of the molecule is CCCCC(CC)CNC[C@H]1O[C@H](O[C@H]2O[C@H](CO)[C@@H](O)[C@H](O)[C@H]2O)[C@H](O)[C@@H](O)[C@@H]1O. The normalized spacial score (nSPS) is 42.5. The van der Waals surface area contributed by atoms with Gasteiger partial charge in [-0.1, -0.05) is 33.1 Å². The van der Waals surface area contributed by atoms with Crippen LogP contribution in [-0.2, 0) is 14.2 Å². The molecule has 0 aliphatic carbocycles. The van der Waals surface area contributed by atoms with Crippen molar-refractivity contribution >= 4 is 0 Å². The van der Waals surface area contributed by atoms with Gasteiger partial charge in [0.2, 0.25) is 0 Å². The highest BCUT2D eigenvalue weighted by Crippen LogP contribution is 2.28. The Morgan fingerprint density at radius 1 is 0.806 bits per heavy atom. The lowest BCUT2D eigenvalue weighted by Crippen LogP contribution is -2.64. The summed E-state index contributed by atoms with van der Waals surface area (Å²) in [7, 11) is 0. The first-order chi connectivity index (χ1) is 14.7. The molecule has 0 aromatic heterocycles. The Balaban J connectivity index is 1.96. The van der Waals surface area contributed by atoms with Gasteiger partial charge in [0.15, 0.2) is 12.6 Å². The molecule has 2 saturated heterocycles.